The molecular formula is C37H32N2O7. The average Bonchev–Trinajstić information content (AvgIpc) is 3.42. The Kier molecular flexibility index (Phi) is 6.81. The number of carboxylic acids is 1. The van der Waals surface area contributed by atoms with Crippen molar-refractivity contribution in [3.8, 4) is 5.75 Å². The summed E-state index contributed by atoms with van der Waals surface area (Å²) in [5.41, 5.74) is 1.16. The monoisotopic (exact) mass is 616 g/mol. The second-order valence-corrected chi connectivity index (χ2v) is 12.7. The fourth-order valence-corrected chi connectivity index (χ4v) is 8.38. The van der Waals surface area contributed by atoms with Gasteiger partial charge in [-0.1, -0.05) is 60.2 Å². The molecule has 3 fully saturated rings. The molecule has 0 unspecified atom stereocenters. The quantitative estimate of drug-likeness (QED) is 0.285. The van der Waals surface area contributed by atoms with E-state index < -0.39 is 52.8 Å². The zero-order valence-corrected chi connectivity index (χ0v) is 25.1. The summed E-state index contributed by atoms with van der Waals surface area (Å²) in [5, 5.41) is 21.1. The second-order valence-electron chi connectivity index (χ2n) is 12.7. The number of hydrogen-bond acceptors (Lipinski definition) is 6. The Morgan fingerprint density at radius 1 is 0.913 bits per heavy atom. The van der Waals surface area contributed by atoms with Crippen LogP contribution in [0.5, 0.6) is 5.75 Å². The van der Waals surface area contributed by atoms with Crippen molar-refractivity contribution >= 4 is 41.0 Å². The minimum atomic E-state index is -1.28. The lowest BCUT2D eigenvalue weighted by atomic mass is 9.51. The molecular weight excluding hydrogens is 584 g/mol. The number of amides is 4. The summed E-state index contributed by atoms with van der Waals surface area (Å²) in [6.45, 7) is 5.58. The number of anilines is 2. The molecule has 3 aromatic carbocycles. The number of aromatic hydroxyl groups is 1. The van der Waals surface area contributed by atoms with E-state index in [0.717, 1.165) is 10.5 Å². The van der Waals surface area contributed by atoms with E-state index in [1.54, 1.807) is 61.5 Å². The van der Waals surface area contributed by atoms with Gasteiger partial charge >= 0.3 is 5.97 Å². The van der Waals surface area contributed by atoms with Crippen molar-refractivity contribution < 1.29 is 34.2 Å². The maximum atomic E-state index is 14.5. The predicted octanol–water partition coefficient (Wildman–Crippen LogP) is 5.25. The number of nitrogens with zero attached hydrogens (tertiary/aromatic N) is 2. The van der Waals surface area contributed by atoms with Gasteiger partial charge in [0, 0.05) is 11.5 Å². The zero-order chi connectivity index (χ0) is 32.5. The van der Waals surface area contributed by atoms with Gasteiger partial charge in [0.25, 0.3) is 0 Å². The molecule has 46 heavy (non-hydrogen) atoms. The smallest absolute Gasteiger partial charge is 0.335 e. The number of carbonyl (C=O) groups excluding carboxylic acids is 4. The number of phenolic OH excluding ortho intramolecular Hbond substituents is 1. The molecule has 2 aliphatic carbocycles. The van der Waals surface area contributed by atoms with E-state index in [2.05, 4.69) is 6.58 Å². The standard InChI is InChI=1S/C37H32N2O7/c1-3-9-20-10-8-15-26(31(20)40)30-24-16-17-25-29(34(43)38(32(25)41)23-14-7-11-21(18-23)35(44)45)27(24)19-28-33(42)39(36(46)37(28,30)2)22-12-5-4-6-13-22/h3-8,10-16,18,25,27-30,40H,1,9,17,19H2,2H3,(H,44,45)/t25-,27+,28-,29-,30+,37+/m0/s1. The molecule has 2 heterocycles. The van der Waals surface area contributed by atoms with Gasteiger partial charge < -0.3 is 10.2 Å². The van der Waals surface area contributed by atoms with E-state index in [4.69, 9.17) is 0 Å². The van der Waals surface area contributed by atoms with Crippen LogP contribution in [0.2, 0.25) is 0 Å². The van der Waals surface area contributed by atoms with Gasteiger partial charge in [-0.2, -0.15) is 0 Å². The fourth-order valence-electron chi connectivity index (χ4n) is 8.38. The van der Waals surface area contributed by atoms with Gasteiger partial charge in [0.15, 0.2) is 0 Å². The molecule has 1 saturated carbocycles. The Balaban J connectivity index is 1.38. The first kappa shape index (κ1) is 29.4. The highest BCUT2D eigenvalue weighted by Gasteiger charge is 2.68. The van der Waals surface area contributed by atoms with Crippen LogP contribution in [-0.2, 0) is 25.6 Å². The van der Waals surface area contributed by atoms with Gasteiger partial charge in [0.2, 0.25) is 23.6 Å². The van der Waals surface area contributed by atoms with Crippen molar-refractivity contribution in [1.29, 1.82) is 0 Å². The minimum Gasteiger partial charge on any atom is -0.507 e. The number of hydrogen-bond donors (Lipinski definition) is 2. The second kappa shape index (κ2) is 10.7. The predicted molar refractivity (Wildman–Crippen MR) is 169 cm³/mol. The van der Waals surface area contributed by atoms with Gasteiger partial charge in [-0.15, -0.1) is 6.58 Å². The lowest BCUT2D eigenvalue weighted by molar-refractivity contribution is -0.131. The van der Waals surface area contributed by atoms with E-state index in [1.807, 2.05) is 6.08 Å². The van der Waals surface area contributed by atoms with Gasteiger partial charge in [0.05, 0.1) is 40.1 Å². The van der Waals surface area contributed by atoms with E-state index in [9.17, 15) is 34.2 Å². The highest BCUT2D eigenvalue weighted by Crippen LogP contribution is 2.64. The van der Waals surface area contributed by atoms with Gasteiger partial charge in [-0.3, -0.25) is 24.1 Å². The van der Waals surface area contributed by atoms with Crippen LogP contribution in [0.3, 0.4) is 0 Å². The Morgan fingerprint density at radius 2 is 1.63 bits per heavy atom. The number of benzene rings is 3. The maximum Gasteiger partial charge on any atom is 0.335 e. The summed E-state index contributed by atoms with van der Waals surface area (Å²) in [6, 6.07) is 19.8. The number of aromatic carboxylic acids is 1. The van der Waals surface area contributed by atoms with Crippen LogP contribution in [0.15, 0.2) is 97.1 Å². The summed E-state index contributed by atoms with van der Waals surface area (Å²) in [7, 11) is 0. The summed E-state index contributed by atoms with van der Waals surface area (Å²) in [4.78, 5) is 70.8. The van der Waals surface area contributed by atoms with Crippen LogP contribution >= 0.6 is 0 Å². The molecule has 2 aliphatic heterocycles. The first-order valence-corrected chi connectivity index (χ1v) is 15.4. The lowest BCUT2D eigenvalue weighted by Crippen LogP contribution is -2.49. The Labute approximate surface area is 265 Å². The van der Waals surface area contributed by atoms with Crippen molar-refractivity contribution in [2.24, 2.45) is 29.1 Å². The molecule has 2 saturated heterocycles. The molecule has 6 atom stereocenters. The molecule has 4 aliphatic rings. The van der Waals surface area contributed by atoms with Crippen molar-refractivity contribution in [2.45, 2.75) is 32.1 Å². The third kappa shape index (κ3) is 4.04. The fraction of sp³-hybridized carbons (Fsp3) is 0.270. The number of carboxylic acid groups (broad SMARTS) is 1. The van der Waals surface area contributed by atoms with Crippen LogP contribution in [0.1, 0.15) is 47.2 Å². The van der Waals surface area contributed by atoms with Crippen molar-refractivity contribution in [1.82, 2.24) is 0 Å². The highest BCUT2D eigenvalue weighted by atomic mass is 16.4. The largest absolute Gasteiger partial charge is 0.507 e. The number of allylic oxidation sites excluding steroid dienone is 3. The molecule has 9 heteroatoms. The first-order chi connectivity index (χ1) is 22.1. The van der Waals surface area contributed by atoms with Crippen LogP contribution in [-0.4, -0.2) is 39.8 Å². The SMILES string of the molecule is C=CCc1cccc([C@H]2C3=CC[C@@H]4C(=O)N(c5cccc(C(=O)O)c5)C(=O)[C@@H]4[C@@H]3C[C@H]3C(=O)N(c4ccccc4)C(=O)[C@@]23C)c1O. The third-order valence-corrected chi connectivity index (χ3v) is 10.5. The molecule has 4 amide bonds. The Bertz CT molecular complexity index is 1880. The molecule has 3 aromatic rings. The summed E-state index contributed by atoms with van der Waals surface area (Å²) >= 11 is 0. The number of phenols is 1. The van der Waals surface area contributed by atoms with E-state index in [0.29, 0.717) is 23.2 Å². The molecule has 0 bridgehead atoms. The van der Waals surface area contributed by atoms with Crippen molar-refractivity contribution in [3.63, 3.8) is 0 Å². The van der Waals surface area contributed by atoms with Crippen molar-refractivity contribution in [3.05, 3.63) is 114 Å². The molecule has 2 N–H and O–H groups in total. The van der Waals surface area contributed by atoms with Gasteiger partial charge in [-0.25, -0.2) is 9.69 Å². The number of para-hydroxylation sites is 2. The zero-order valence-electron chi connectivity index (χ0n) is 25.1. The Morgan fingerprint density at radius 3 is 2.35 bits per heavy atom. The first-order valence-electron chi connectivity index (χ1n) is 15.4. The van der Waals surface area contributed by atoms with E-state index in [-0.39, 0.29) is 41.7 Å². The number of fused-ring (bicyclic) bond motifs is 4. The normalized spacial score (nSPS) is 28.5. The Hall–Kier alpha value is -5.31. The molecule has 9 nitrogen and oxygen atoms in total. The third-order valence-electron chi connectivity index (χ3n) is 10.5. The molecule has 0 spiro atoms. The summed E-state index contributed by atoms with van der Waals surface area (Å²) in [6.07, 6.45) is 4.38. The minimum absolute atomic E-state index is 0.00963. The van der Waals surface area contributed by atoms with E-state index >= 15 is 0 Å². The molecule has 0 aromatic heterocycles. The van der Waals surface area contributed by atoms with Gasteiger partial charge in [-0.05, 0) is 68.0 Å². The molecule has 232 valence electrons. The number of imide groups is 2. The number of rotatable bonds is 6. The maximum absolute atomic E-state index is 14.5. The van der Waals surface area contributed by atoms with Crippen LogP contribution < -0.4 is 9.80 Å². The average molecular weight is 617 g/mol. The van der Waals surface area contributed by atoms with Crippen LogP contribution in [0.25, 0.3) is 0 Å². The molecule has 7 rings (SSSR count). The van der Waals surface area contributed by atoms with Crippen molar-refractivity contribution in [2.75, 3.05) is 9.80 Å². The summed E-state index contributed by atoms with van der Waals surface area (Å²) < 4.78 is 0. The molecule has 0 radical (unpaired) electrons. The highest BCUT2D eigenvalue weighted by molar-refractivity contribution is 6.25. The topological polar surface area (TPSA) is 132 Å². The lowest BCUT2D eigenvalue weighted by Gasteiger charge is -2.49. The van der Waals surface area contributed by atoms with Crippen LogP contribution in [0, 0.1) is 29.1 Å². The van der Waals surface area contributed by atoms with Gasteiger partial charge in [0.1, 0.15) is 5.75 Å². The van der Waals surface area contributed by atoms with Crippen LogP contribution in [0.4, 0.5) is 11.4 Å². The summed E-state index contributed by atoms with van der Waals surface area (Å²) in [5.74, 6) is -6.49. The number of carbonyl (C=O) groups is 5. The van der Waals surface area contributed by atoms with E-state index in [1.165, 1.54) is 29.2 Å².